The van der Waals surface area contributed by atoms with E-state index < -0.39 is 0 Å². The fourth-order valence-electron chi connectivity index (χ4n) is 2.57. The second-order valence-electron chi connectivity index (χ2n) is 5.20. The van der Waals surface area contributed by atoms with Gasteiger partial charge in [0.15, 0.2) is 0 Å². The summed E-state index contributed by atoms with van der Waals surface area (Å²) in [5.74, 6) is 0.377. The number of pyridine rings is 1. The summed E-state index contributed by atoms with van der Waals surface area (Å²) in [6.07, 6.45) is 2.93. The highest BCUT2D eigenvalue weighted by molar-refractivity contribution is 6.04. The third-order valence-corrected chi connectivity index (χ3v) is 3.70. The maximum Gasteiger partial charge on any atom is 0.274 e. The average molecular weight is 311 g/mol. The second kappa shape index (κ2) is 6.48. The standard InChI is InChI=1S/C17H17N3O3/c1-23-15-8-7-12(11-14(15)20-10-4-6-16(20)21)19-17(22)13-5-2-3-9-18-13/h2-3,5,7-9,11H,4,6,10H2,1H3,(H,19,22). The molecule has 1 saturated heterocycles. The van der Waals surface area contributed by atoms with Crippen LogP contribution in [0.1, 0.15) is 23.3 Å². The van der Waals surface area contributed by atoms with Crippen molar-refractivity contribution in [2.24, 2.45) is 0 Å². The molecule has 2 heterocycles. The fourth-order valence-corrected chi connectivity index (χ4v) is 2.57. The molecule has 0 spiro atoms. The molecule has 6 nitrogen and oxygen atoms in total. The molecule has 0 unspecified atom stereocenters. The van der Waals surface area contributed by atoms with Crippen LogP contribution >= 0.6 is 0 Å². The van der Waals surface area contributed by atoms with E-state index in [4.69, 9.17) is 4.74 Å². The number of rotatable bonds is 4. The molecule has 0 aliphatic carbocycles. The highest BCUT2D eigenvalue weighted by atomic mass is 16.5. The molecule has 0 atom stereocenters. The fraction of sp³-hybridized carbons (Fsp3) is 0.235. The first kappa shape index (κ1) is 15.0. The summed E-state index contributed by atoms with van der Waals surface area (Å²) in [6.45, 7) is 0.660. The Morgan fingerprint density at radius 3 is 2.83 bits per heavy atom. The van der Waals surface area contributed by atoms with Gasteiger partial charge in [-0.05, 0) is 36.8 Å². The first-order valence-corrected chi connectivity index (χ1v) is 7.40. The minimum absolute atomic E-state index is 0.0662. The van der Waals surface area contributed by atoms with Gasteiger partial charge in [-0.25, -0.2) is 0 Å². The van der Waals surface area contributed by atoms with Crippen molar-refractivity contribution in [2.45, 2.75) is 12.8 Å². The van der Waals surface area contributed by atoms with Crippen LogP contribution < -0.4 is 15.0 Å². The molecule has 1 aliphatic heterocycles. The third kappa shape index (κ3) is 3.15. The Bertz CT molecular complexity index is 731. The number of methoxy groups -OCH3 is 1. The predicted octanol–water partition coefficient (Wildman–Crippen LogP) is 2.47. The summed E-state index contributed by atoms with van der Waals surface area (Å²) in [6, 6.07) is 10.4. The van der Waals surface area contributed by atoms with Gasteiger partial charge >= 0.3 is 0 Å². The van der Waals surface area contributed by atoms with E-state index in [1.807, 2.05) is 0 Å². The van der Waals surface area contributed by atoms with Gasteiger partial charge in [-0.1, -0.05) is 6.07 Å². The van der Waals surface area contributed by atoms with Crippen LogP contribution in [0, 0.1) is 0 Å². The average Bonchev–Trinajstić information content (AvgIpc) is 3.01. The smallest absolute Gasteiger partial charge is 0.274 e. The van der Waals surface area contributed by atoms with Gasteiger partial charge in [-0.2, -0.15) is 0 Å². The van der Waals surface area contributed by atoms with Crippen molar-refractivity contribution >= 4 is 23.2 Å². The van der Waals surface area contributed by atoms with E-state index in [0.717, 1.165) is 6.42 Å². The lowest BCUT2D eigenvalue weighted by atomic mass is 10.2. The van der Waals surface area contributed by atoms with E-state index in [1.54, 1.807) is 54.6 Å². The SMILES string of the molecule is COc1ccc(NC(=O)c2ccccn2)cc1N1CCCC1=O. The van der Waals surface area contributed by atoms with Gasteiger partial charge in [0.05, 0.1) is 12.8 Å². The van der Waals surface area contributed by atoms with Gasteiger partial charge in [-0.15, -0.1) is 0 Å². The van der Waals surface area contributed by atoms with Gasteiger partial charge in [-0.3, -0.25) is 14.6 Å². The van der Waals surface area contributed by atoms with Crippen molar-refractivity contribution in [1.82, 2.24) is 4.98 Å². The number of benzene rings is 1. The number of nitrogens with one attached hydrogen (secondary N) is 1. The van der Waals surface area contributed by atoms with Crippen molar-refractivity contribution in [1.29, 1.82) is 0 Å². The van der Waals surface area contributed by atoms with Gasteiger partial charge in [0.25, 0.3) is 5.91 Å². The molecule has 0 saturated carbocycles. The number of nitrogens with zero attached hydrogens (tertiary/aromatic N) is 2. The molecule has 1 aliphatic rings. The van der Waals surface area contributed by atoms with E-state index >= 15 is 0 Å². The van der Waals surface area contributed by atoms with E-state index in [2.05, 4.69) is 10.3 Å². The summed E-state index contributed by atoms with van der Waals surface area (Å²) in [4.78, 5) is 29.9. The van der Waals surface area contributed by atoms with Crippen LogP contribution in [-0.4, -0.2) is 30.5 Å². The summed E-state index contributed by atoms with van der Waals surface area (Å²) in [7, 11) is 1.56. The van der Waals surface area contributed by atoms with Crippen LogP contribution in [0.25, 0.3) is 0 Å². The largest absolute Gasteiger partial charge is 0.495 e. The summed E-state index contributed by atoms with van der Waals surface area (Å²) < 4.78 is 5.33. The number of amides is 2. The van der Waals surface area contributed by atoms with E-state index in [9.17, 15) is 9.59 Å². The molecule has 23 heavy (non-hydrogen) atoms. The molecule has 0 bridgehead atoms. The number of hydrogen-bond acceptors (Lipinski definition) is 4. The number of anilines is 2. The van der Waals surface area contributed by atoms with Gasteiger partial charge in [0.1, 0.15) is 11.4 Å². The van der Waals surface area contributed by atoms with Gasteiger partial charge < -0.3 is 15.0 Å². The number of ether oxygens (including phenoxy) is 1. The molecular formula is C17H17N3O3. The molecule has 1 N–H and O–H groups in total. The molecule has 2 aromatic rings. The monoisotopic (exact) mass is 311 g/mol. The Hall–Kier alpha value is -2.89. The minimum Gasteiger partial charge on any atom is -0.495 e. The Labute approximate surface area is 134 Å². The zero-order valence-corrected chi connectivity index (χ0v) is 12.8. The Kier molecular flexibility index (Phi) is 4.23. The van der Waals surface area contributed by atoms with Gasteiger partial charge in [0, 0.05) is 24.8 Å². The van der Waals surface area contributed by atoms with Crippen LogP contribution in [0.2, 0.25) is 0 Å². The zero-order chi connectivity index (χ0) is 16.2. The molecular weight excluding hydrogens is 294 g/mol. The minimum atomic E-state index is -0.297. The normalized spacial score (nSPS) is 14.0. The van der Waals surface area contributed by atoms with Crippen LogP contribution in [0.3, 0.4) is 0 Å². The van der Waals surface area contributed by atoms with Crippen LogP contribution in [0.5, 0.6) is 5.75 Å². The van der Waals surface area contributed by atoms with Crippen molar-refractivity contribution < 1.29 is 14.3 Å². The first-order valence-electron chi connectivity index (χ1n) is 7.40. The molecule has 6 heteroatoms. The Morgan fingerprint density at radius 2 is 2.17 bits per heavy atom. The summed E-state index contributed by atoms with van der Waals surface area (Å²) in [5, 5.41) is 2.79. The second-order valence-corrected chi connectivity index (χ2v) is 5.20. The van der Waals surface area contributed by atoms with E-state index in [0.29, 0.717) is 35.8 Å². The highest BCUT2D eigenvalue weighted by Crippen LogP contribution is 2.34. The summed E-state index contributed by atoms with van der Waals surface area (Å²) >= 11 is 0. The molecule has 118 valence electrons. The molecule has 2 amide bonds. The number of hydrogen-bond donors (Lipinski definition) is 1. The van der Waals surface area contributed by atoms with Crippen molar-refractivity contribution in [3.8, 4) is 5.75 Å². The highest BCUT2D eigenvalue weighted by Gasteiger charge is 2.25. The van der Waals surface area contributed by atoms with Crippen LogP contribution in [0.4, 0.5) is 11.4 Å². The predicted molar refractivity (Wildman–Crippen MR) is 86.8 cm³/mol. The van der Waals surface area contributed by atoms with E-state index in [-0.39, 0.29) is 11.8 Å². The van der Waals surface area contributed by atoms with E-state index in [1.165, 1.54) is 0 Å². The Balaban J connectivity index is 1.86. The number of carbonyl (C=O) groups is 2. The lowest BCUT2D eigenvalue weighted by Crippen LogP contribution is -2.24. The molecule has 0 radical (unpaired) electrons. The van der Waals surface area contributed by atoms with Crippen LogP contribution in [0.15, 0.2) is 42.6 Å². The van der Waals surface area contributed by atoms with Gasteiger partial charge in [0.2, 0.25) is 5.91 Å². The van der Waals surface area contributed by atoms with Crippen LogP contribution in [-0.2, 0) is 4.79 Å². The maximum atomic E-state index is 12.2. The quantitative estimate of drug-likeness (QED) is 0.941. The third-order valence-electron chi connectivity index (χ3n) is 3.70. The van der Waals surface area contributed by atoms with Crippen molar-refractivity contribution in [3.63, 3.8) is 0 Å². The molecule has 3 rings (SSSR count). The van der Waals surface area contributed by atoms with Crippen molar-refractivity contribution in [3.05, 3.63) is 48.3 Å². The molecule has 1 aromatic carbocycles. The van der Waals surface area contributed by atoms with Crippen molar-refractivity contribution in [2.75, 3.05) is 23.9 Å². The first-order chi connectivity index (χ1) is 11.2. The molecule has 1 aromatic heterocycles. The number of carbonyl (C=O) groups excluding carboxylic acids is 2. The maximum absolute atomic E-state index is 12.2. The lowest BCUT2D eigenvalue weighted by Gasteiger charge is -2.20. The summed E-state index contributed by atoms with van der Waals surface area (Å²) in [5.41, 5.74) is 1.60. The Morgan fingerprint density at radius 1 is 1.30 bits per heavy atom. The topological polar surface area (TPSA) is 71.5 Å². The number of aromatic nitrogens is 1. The molecule has 1 fully saturated rings. The zero-order valence-electron chi connectivity index (χ0n) is 12.8. The lowest BCUT2D eigenvalue weighted by molar-refractivity contribution is -0.117.